The maximum absolute atomic E-state index is 8.97. The number of oxazole rings is 1. The largest absolute Gasteiger partial charge is 0.441 e. The number of fused-ring (bicyclic) bond motifs is 1. The molecule has 4 nitrogen and oxygen atoms in total. The van der Waals surface area contributed by atoms with Gasteiger partial charge < -0.3 is 14.4 Å². The smallest absolute Gasteiger partial charge is 0.192 e. The third-order valence-electron chi connectivity index (χ3n) is 3.16. The molecule has 98 valence electrons. The molecule has 0 fully saturated rings. The first-order valence-corrected chi connectivity index (χ1v) is 6.26. The van der Waals surface area contributed by atoms with Crippen LogP contribution >= 0.6 is 0 Å². The van der Waals surface area contributed by atoms with Gasteiger partial charge in [0.15, 0.2) is 11.5 Å². The summed E-state index contributed by atoms with van der Waals surface area (Å²) in [7, 11) is 4.11. The molecule has 0 saturated heterocycles. The monoisotopic (exact) mass is 248 g/mol. The molecule has 0 amide bonds. The number of benzene rings is 1. The lowest BCUT2D eigenvalue weighted by Gasteiger charge is -2.24. The number of hydrogen-bond donors (Lipinski definition) is 1. The van der Waals surface area contributed by atoms with E-state index in [2.05, 4.69) is 36.1 Å². The Balaban J connectivity index is 2.31. The zero-order valence-corrected chi connectivity index (χ0v) is 11.2. The van der Waals surface area contributed by atoms with Crippen molar-refractivity contribution in [1.82, 2.24) is 9.88 Å². The minimum Gasteiger partial charge on any atom is -0.441 e. The van der Waals surface area contributed by atoms with Crippen LogP contribution in [0.1, 0.15) is 30.3 Å². The zero-order valence-electron chi connectivity index (χ0n) is 11.2. The van der Waals surface area contributed by atoms with Gasteiger partial charge in [-0.3, -0.25) is 0 Å². The molecule has 4 heteroatoms. The van der Waals surface area contributed by atoms with Gasteiger partial charge in [-0.25, -0.2) is 4.98 Å². The summed E-state index contributed by atoms with van der Waals surface area (Å²) in [4.78, 5) is 6.47. The zero-order chi connectivity index (χ0) is 13.1. The van der Waals surface area contributed by atoms with Crippen LogP contribution < -0.4 is 0 Å². The molecular formula is C14H20N2O2. The quantitative estimate of drug-likeness (QED) is 0.883. The number of aliphatic hydroxyl groups is 1. The van der Waals surface area contributed by atoms with E-state index in [1.807, 2.05) is 13.0 Å². The normalized spacial score (nSPS) is 13.4. The van der Waals surface area contributed by atoms with Crippen molar-refractivity contribution in [3.8, 4) is 0 Å². The van der Waals surface area contributed by atoms with Gasteiger partial charge in [0.1, 0.15) is 5.52 Å². The van der Waals surface area contributed by atoms with Crippen molar-refractivity contribution in [2.75, 3.05) is 20.7 Å². The molecule has 0 aliphatic carbocycles. The van der Waals surface area contributed by atoms with Crippen molar-refractivity contribution in [1.29, 1.82) is 0 Å². The molecule has 1 atom stereocenters. The molecule has 2 aromatic rings. The Morgan fingerprint density at radius 1 is 1.39 bits per heavy atom. The SMILES string of the molecule is Cc1nc2ccc(C(CCCO)N(C)C)cc2o1. The van der Waals surface area contributed by atoms with E-state index in [0.717, 1.165) is 23.9 Å². The maximum Gasteiger partial charge on any atom is 0.192 e. The number of hydrogen-bond acceptors (Lipinski definition) is 4. The first kappa shape index (κ1) is 13.1. The first-order chi connectivity index (χ1) is 8.61. The third kappa shape index (κ3) is 2.71. The van der Waals surface area contributed by atoms with Crippen molar-refractivity contribution >= 4 is 11.1 Å². The van der Waals surface area contributed by atoms with E-state index in [4.69, 9.17) is 9.52 Å². The van der Waals surface area contributed by atoms with Gasteiger partial charge in [0.05, 0.1) is 0 Å². The molecule has 1 unspecified atom stereocenters. The molecule has 18 heavy (non-hydrogen) atoms. The van der Waals surface area contributed by atoms with Crippen molar-refractivity contribution in [3.05, 3.63) is 29.7 Å². The Bertz CT molecular complexity index is 519. The summed E-state index contributed by atoms with van der Waals surface area (Å²) >= 11 is 0. The second kappa shape index (κ2) is 5.50. The summed E-state index contributed by atoms with van der Waals surface area (Å²) in [5.74, 6) is 0.693. The van der Waals surface area contributed by atoms with Gasteiger partial charge in [0.25, 0.3) is 0 Å². The van der Waals surface area contributed by atoms with Crippen LogP contribution in [-0.2, 0) is 0 Å². The van der Waals surface area contributed by atoms with Crippen molar-refractivity contribution in [2.24, 2.45) is 0 Å². The Morgan fingerprint density at radius 2 is 2.17 bits per heavy atom. The van der Waals surface area contributed by atoms with Gasteiger partial charge in [-0.2, -0.15) is 0 Å². The lowest BCUT2D eigenvalue weighted by atomic mass is 10.0. The molecule has 1 heterocycles. The van der Waals surface area contributed by atoms with Crippen LogP contribution in [0.4, 0.5) is 0 Å². The molecule has 1 N–H and O–H groups in total. The second-order valence-corrected chi connectivity index (χ2v) is 4.81. The van der Waals surface area contributed by atoms with Crippen LogP contribution in [0.5, 0.6) is 0 Å². The van der Waals surface area contributed by atoms with Gasteiger partial charge in [0.2, 0.25) is 0 Å². The predicted molar refractivity (Wildman–Crippen MR) is 71.5 cm³/mol. The van der Waals surface area contributed by atoms with Crippen LogP contribution in [-0.4, -0.2) is 35.7 Å². The standard InChI is InChI=1S/C14H20N2O2/c1-10-15-12-7-6-11(9-14(12)18-10)13(16(2)3)5-4-8-17/h6-7,9,13,17H,4-5,8H2,1-3H3. The highest BCUT2D eigenvalue weighted by molar-refractivity contribution is 5.73. The highest BCUT2D eigenvalue weighted by atomic mass is 16.3. The topological polar surface area (TPSA) is 49.5 Å². The fourth-order valence-corrected chi connectivity index (χ4v) is 2.27. The molecule has 0 saturated carbocycles. The fraction of sp³-hybridized carbons (Fsp3) is 0.500. The molecule has 0 spiro atoms. The van der Waals surface area contributed by atoms with E-state index in [1.54, 1.807) is 0 Å². The third-order valence-corrected chi connectivity index (χ3v) is 3.16. The molecule has 1 aromatic carbocycles. The lowest BCUT2D eigenvalue weighted by Crippen LogP contribution is -2.20. The van der Waals surface area contributed by atoms with E-state index in [1.165, 1.54) is 5.56 Å². The highest BCUT2D eigenvalue weighted by Gasteiger charge is 2.15. The average Bonchev–Trinajstić information content (AvgIpc) is 2.68. The Kier molecular flexibility index (Phi) is 3.99. The second-order valence-electron chi connectivity index (χ2n) is 4.81. The number of rotatable bonds is 5. The van der Waals surface area contributed by atoms with E-state index in [9.17, 15) is 0 Å². The van der Waals surface area contributed by atoms with Gasteiger partial charge in [-0.1, -0.05) is 6.07 Å². The summed E-state index contributed by atoms with van der Waals surface area (Å²) in [6.07, 6.45) is 1.73. The van der Waals surface area contributed by atoms with E-state index in [-0.39, 0.29) is 6.61 Å². The van der Waals surface area contributed by atoms with Gasteiger partial charge in [-0.05, 0) is 44.6 Å². The Morgan fingerprint density at radius 3 is 2.83 bits per heavy atom. The van der Waals surface area contributed by atoms with Crippen LogP contribution in [0, 0.1) is 6.92 Å². The van der Waals surface area contributed by atoms with Gasteiger partial charge >= 0.3 is 0 Å². The lowest BCUT2D eigenvalue weighted by molar-refractivity contribution is 0.235. The Hall–Kier alpha value is -1.39. The molecule has 1 aromatic heterocycles. The number of aryl methyl sites for hydroxylation is 1. The summed E-state index contributed by atoms with van der Waals surface area (Å²) in [6, 6.07) is 6.44. The molecular weight excluding hydrogens is 228 g/mol. The molecule has 0 bridgehead atoms. The molecule has 0 aliphatic rings. The summed E-state index contributed by atoms with van der Waals surface area (Å²) in [5, 5.41) is 8.97. The Labute approximate surface area is 107 Å². The van der Waals surface area contributed by atoms with Crippen LogP contribution in [0.25, 0.3) is 11.1 Å². The number of nitrogens with zero attached hydrogens (tertiary/aromatic N) is 2. The van der Waals surface area contributed by atoms with Crippen LogP contribution in [0.3, 0.4) is 0 Å². The molecule has 0 aliphatic heterocycles. The minimum absolute atomic E-state index is 0.230. The number of aliphatic hydroxyl groups excluding tert-OH is 1. The van der Waals surface area contributed by atoms with Gasteiger partial charge in [-0.15, -0.1) is 0 Å². The van der Waals surface area contributed by atoms with Crippen molar-refractivity contribution in [2.45, 2.75) is 25.8 Å². The molecule has 2 rings (SSSR count). The van der Waals surface area contributed by atoms with Crippen LogP contribution in [0.2, 0.25) is 0 Å². The van der Waals surface area contributed by atoms with Gasteiger partial charge in [0, 0.05) is 19.6 Å². The summed E-state index contributed by atoms with van der Waals surface area (Å²) in [5.41, 5.74) is 2.94. The minimum atomic E-state index is 0.230. The van der Waals surface area contributed by atoms with Crippen molar-refractivity contribution in [3.63, 3.8) is 0 Å². The fourth-order valence-electron chi connectivity index (χ4n) is 2.27. The van der Waals surface area contributed by atoms with Crippen molar-refractivity contribution < 1.29 is 9.52 Å². The average molecular weight is 248 g/mol. The predicted octanol–water partition coefficient (Wildman–Crippen LogP) is 2.51. The highest BCUT2D eigenvalue weighted by Crippen LogP contribution is 2.27. The summed E-state index contributed by atoms with van der Waals surface area (Å²) < 4.78 is 5.56. The number of aromatic nitrogens is 1. The van der Waals surface area contributed by atoms with E-state index in [0.29, 0.717) is 11.9 Å². The molecule has 0 radical (unpaired) electrons. The van der Waals surface area contributed by atoms with E-state index < -0.39 is 0 Å². The first-order valence-electron chi connectivity index (χ1n) is 6.26. The summed E-state index contributed by atoms with van der Waals surface area (Å²) in [6.45, 7) is 2.09. The van der Waals surface area contributed by atoms with E-state index >= 15 is 0 Å². The maximum atomic E-state index is 8.97. The van der Waals surface area contributed by atoms with Crippen LogP contribution in [0.15, 0.2) is 22.6 Å².